The first-order valence-corrected chi connectivity index (χ1v) is 11.3. The Labute approximate surface area is 200 Å². The first-order chi connectivity index (χ1) is 14.3. The Hall–Kier alpha value is -1.90. The van der Waals surface area contributed by atoms with Gasteiger partial charge in [0.2, 0.25) is 0 Å². The molecule has 0 atom stereocenters. The van der Waals surface area contributed by atoms with E-state index in [2.05, 4.69) is 52.9 Å². The molecule has 0 spiro atoms. The number of halogens is 3. The summed E-state index contributed by atoms with van der Waals surface area (Å²) in [7, 11) is 3.43. The molecule has 0 aliphatic rings. The van der Waals surface area contributed by atoms with Crippen molar-refractivity contribution in [2.75, 3.05) is 7.11 Å². The maximum absolute atomic E-state index is 12.5. The van der Waals surface area contributed by atoms with Crippen LogP contribution in [0.5, 0.6) is 11.5 Å². The normalized spacial score (nSPS) is 11.1. The molecule has 5 nitrogen and oxygen atoms in total. The van der Waals surface area contributed by atoms with E-state index in [1.54, 1.807) is 30.1 Å². The Kier molecular flexibility index (Phi) is 7.55. The van der Waals surface area contributed by atoms with Crippen molar-refractivity contribution in [2.24, 2.45) is 7.05 Å². The highest BCUT2D eigenvalue weighted by Gasteiger charge is 2.12. The van der Waals surface area contributed by atoms with E-state index >= 15 is 0 Å². The van der Waals surface area contributed by atoms with Gasteiger partial charge in [0, 0.05) is 22.8 Å². The third kappa shape index (κ3) is 5.22. The van der Waals surface area contributed by atoms with Gasteiger partial charge in [0.05, 0.1) is 27.8 Å². The van der Waals surface area contributed by atoms with Crippen molar-refractivity contribution in [2.45, 2.75) is 13.5 Å². The molecule has 0 unspecified atom stereocenters. The molecule has 0 radical (unpaired) electrons. The van der Waals surface area contributed by atoms with Gasteiger partial charge in [-0.3, -0.25) is 9.48 Å². The number of methoxy groups -OCH3 is 1. The second-order valence-electron chi connectivity index (χ2n) is 6.52. The van der Waals surface area contributed by atoms with E-state index in [9.17, 15) is 4.79 Å². The lowest BCUT2D eigenvalue weighted by Crippen LogP contribution is -2.01. The summed E-state index contributed by atoms with van der Waals surface area (Å²) in [5, 5.41) is 4.12. The third-order valence-electron chi connectivity index (χ3n) is 4.57. The molecule has 1 heterocycles. The molecule has 156 valence electrons. The number of carbonyl (C=O) groups is 1. The minimum absolute atomic E-state index is 0.0862. The number of nitrogens with zero attached hydrogens (tertiary/aromatic N) is 2. The van der Waals surface area contributed by atoms with Gasteiger partial charge in [0.15, 0.2) is 5.78 Å². The van der Waals surface area contributed by atoms with Crippen LogP contribution in [-0.4, -0.2) is 22.7 Å². The number of hydrogen-bond donors (Lipinski definition) is 0. The summed E-state index contributed by atoms with van der Waals surface area (Å²) in [6.45, 7) is 2.18. The summed E-state index contributed by atoms with van der Waals surface area (Å²) in [5.74, 6) is 1.33. The molecule has 0 fully saturated rings. The number of hydrogen-bond acceptors (Lipinski definition) is 4. The second-order valence-corrected chi connectivity index (χ2v) is 9.15. The van der Waals surface area contributed by atoms with Crippen molar-refractivity contribution in [1.29, 1.82) is 0 Å². The van der Waals surface area contributed by atoms with E-state index < -0.39 is 0 Å². The van der Waals surface area contributed by atoms with Crippen molar-refractivity contribution in [1.82, 2.24) is 9.78 Å². The van der Waals surface area contributed by atoms with Gasteiger partial charge in [-0.25, -0.2) is 0 Å². The largest absolute Gasteiger partial charge is 0.496 e. The predicted molar refractivity (Wildman–Crippen MR) is 128 cm³/mol. The highest BCUT2D eigenvalue weighted by molar-refractivity contribution is 9.11. The van der Waals surface area contributed by atoms with E-state index in [-0.39, 0.29) is 5.78 Å². The van der Waals surface area contributed by atoms with E-state index in [4.69, 9.17) is 9.47 Å². The topological polar surface area (TPSA) is 53.3 Å². The fourth-order valence-corrected chi connectivity index (χ4v) is 5.32. The Morgan fingerprint density at radius 2 is 1.87 bits per heavy atom. The van der Waals surface area contributed by atoms with E-state index in [1.165, 1.54) is 0 Å². The molecule has 1 aromatic heterocycles. The van der Waals surface area contributed by atoms with Crippen LogP contribution in [-0.2, 0) is 13.7 Å². The minimum Gasteiger partial charge on any atom is -0.496 e. The van der Waals surface area contributed by atoms with Gasteiger partial charge in [0.25, 0.3) is 0 Å². The molecular weight excluding hydrogens is 580 g/mol. The van der Waals surface area contributed by atoms with Gasteiger partial charge in [-0.2, -0.15) is 5.10 Å². The van der Waals surface area contributed by atoms with Crippen LogP contribution in [0.25, 0.3) is 6.08 Å². The van der Waals surface area contributed by atoms with Gasteiger partial charge < -0.3 is 9.47 Å². The number of carbonyl (C=O) groups excluding carboxylic acids is 1. The molecule has 3 rings (SSSR count). The predicted octanol–water partition coefficient (Wildman–Crippen LogP) is 6.50. The summed E-state index contributed by atoms with van der Waals surface area (Å²) in [6, 6.07) is 9.54. The molecule has 2 aromatic carbocycles. The lowest BCUT2D eigenvalue weighted by molar-refractivity contribution is 0.104. The average molecular weight is 599 g/mol. The maximum atomic E-state index is 12.5. The van der Waals surface area contributed by atoms with Gasteiger partial charge in [-0.15, -0.1) is 0 Å². The highest BCUT2D eigenvalue weighted by atomic mass is 79.9. The van der Waals surface area contributed by atoms with Gasteiger partial charge in [-0.1, -0.05) is 28.1 Å². The molecule has 30 heavy (non-hydrogen) atoms. The second kappa shape index (κ2) is 9.94. The molecule has 0 N–H and O–H groups in total. The fourth-order valence-electron chi connectivity index (χ4n) is 2.83. The van der Waals surface area contributed by atoms with Crippen LogP contribution < -0.4 is 9.47 Å². The molecule has 3 aromatic rings. The minimum atomic E-state index is -0.0862. The Morgan fingerprint density at radius 3 is 2.47 bits per heavy atom. The molecule has 0 aliphatic carbocycles. The zero-order valence-corrected chi connectivity index (χ0v) is 21.3. The number of ether oxygens (including phenoxy) is 2. The highest BCUT2D eigenvalue weighted by Crippen LogP contribution is 2.37. The zero-order chi connectivity index (χ0) is 21.8. The number of benzene rings is 2. The molecule has 0 amide bonds. The van der Waals surface area contributed by atoms with Crippen LogP contribution in [0.1, 0.15) is 27.2 Å². The van der Waals surface area contributed by atoms with Crippen molar-refractivity contribution in [3.05, 3.63) is 78.4 Å². The maximum Gasteiger partial charge on any atom is 0.189 e. The number of rotatable bonds is 7. The first kappa shape index (κ1) is 22.8. The number of allylic oxidation sites excluding steroid dienone is 1. The van der Waals surface area contributed by atoms with Gasteiger partial charge in [0.1, 0.15) is 18.1 Å². The van der Waals surface area contributed by atoms with Crippen molar-refractivity contribution in [3.8, 4) is 11.5 Å². The monoisotopic (exact) mass is 596 g/mol. The molecule has 8 heteroatoms. The lowest BCUT2D eigenvalue weighted by Gasteiger charge is -2.14. The van der Waals surface area contributed by atoms with Crippen LogP contribution in [0.3, 0.4) is 0 Å². The molecular formula is C22H19Br3N2O3. The Bertz CT molecular complexity index is 1100. The quantitative estimate of drug-likeness (QED) is 0.230. The summed E-state index contributed by atoms with van der Waals surface area (Å²) in [5.41, 5.74) is 3.17. The van der Waals surface area contributed by atoms with Crippen molar-refractivity contribution >= 4 is 59.6 Å². The fraction of sp³-hybridized carbons (Fsp3) is 0.182. The average Bonchev–Trinajstić information content (AvgIpc) is 3.04. The Balaban J connectivity index is 1.80. The SMILES string of the molecule is COc1ccc(/C=C/C(=O)c2cnn(C)c2C)cc1COc1c(Br)cc(Br)cc1Br. The summed E-state index contributed by atoms with van der Waals surface area (Å²) < 4.78 is 15.8. The van der Waals surface area contributed by atoms with Crippen LogP contribution in [0.4, 0.5) is 0 Å². The zero-order valence-electron chi connectivity index (χ0n) is 16.6. The van der Waals surface area contributed by atoms with Gasteiger partial charge >= 0.3 is 0 Å². The van der Waals surface area contributed by atoms with Crippen molar-refractivity contribution in [3.63, 3.8) is 0 Å². The number of aromatic nitrogens is 2. The summed E-state index contributed by atoms with van der Waals surface area (Å²) in [6.07, 6.45) is 4.92. The van der Waals surface area contributed by atoms with Crippen LogP contribution in [0.15, 0.2) is 56.0 Å². The molecule has 0 saturated heterocycles. The third-order valence-corrected chi connectivity index (χ3v) is 6.20. The van der Waals surface area contributed by atoms with E-state index in [1.807, 2.05) is 44.3 Å². The summed E-state index contributed by atoms with van der Waals surface area (Å²) in [4.78, 5) is 12.5. The smallest absolute Gasteiger partial charge is 0.189 e. The molecule has 0 saturated carbocycles. The van der Waals surface area contributed by atoms with E-state index in [0.717, 1.165) is 30.2 Å². The number of ketones is 1. The first-order valence-electron chi connectivity index (χ1n) is 8.95. The van der Waals surface area contributed by atoms with Crippen molar-refractivity contribution < 1.29 is 14.3 Å². The van der Waals surface area contributed by atoms with Crippen LogP contribution in [0.2, 0.25) is 0 Å². The molecule has 0 aliphatic heterocycles. The lowest BCUT2D eigenvalue weighted by atomic mass is 10.1. The van der Waals surface area contributed by atoms with Crippen LogP contribution >= 0.6 is 47.8 Å². The number of aryl methyl sites for hydroxylation is 1. The van der Waals surface area contributed by atoms with Crippen LogP contribution in [0, 0.1) is 6.92 Å². The molecule has 0 bridgehead atoms. The standard InChI is InChI=1S/C22H19Br3N2O3/c1-13-17(11-26-27(13)2)20(28)6-4-14-5-7-21(29-3)15(8-14)12-30-22-18(24)9-16(23)10-19(22)25/h4-11H,12H2,1-3H3/b6-4+. The van der Waals surface area contributed by atoms with E-state index in [0.29, 0.717) is 23.7 Å². The Morgan fingerprint density at radius 1 is 1.17 bits per heavy atom. The summed E-state index contributed by atoms with van der Waals surface area (Å²) >= 11 is 10.5. The van der Waals surface area contributed by atoms with Gasteiger partial charge in [-0.05, 0) is 74.7 Å².